The third-order valence-electron chi connectivity index (χ3n) is 6.16. The number of aromatic nitrogens is 1. The standard InChI is InChI=1S/C31H28FN2O/c1-19-12-13-22-24-14-26(33-5)23(20-10-8-7-9-11-20)15-28(24)35-30(22)29(19)27-16-25(32)21(18-34(27)6)17-31(2,3)4/h7-16,18H,17H2,1-4,6H3/q+1/i17D2. The Morgan fingerprint density at radius 1 is 1.06 bits per heavy atom. The van der Waals surface area contributed by atoms with Crippen LogP contribution in [0.1, 0.15) is 34.6 Å². The largest absolute Gasteiger partial charge is 0.455 e. The summed E-state index contributed by atoms with van der Waals surface area (Å²) in [6, 6.07) is 18.8. The van der Waals surface area contributed by atoms with Crippen molar-refractivity contribution < 1.29 is 16.1 Å². The third-order valence-corrected chi connectivity index (χ3v) is 6.16. The van der Waals surface area contributed by atoms with E-state index in [0.29, 0.717) is 22.5 Å². The Bertz CT molecular complexity index is 1720. The van der Waals surface area contributed by atoms with E-state index >= 15 is 4.39 Å². The molecule has 0 aliphatic heterocycles. The van der Waals surface area contributed by atoms with E-state index in [4.69, 9.17) is 13.7 Å². The number of rotatable bonds is 3. The number of fused-ring (bicyclic) bond motifs is 3. The molecule has 4 heteroatoms. The molecule has 0 radical (unpaired) electrons. The minimum absolute atomic E-state index is 0.0230. The van der Waals surface area contributed by atoms with E-state index in [1.54, 1.807) is 38.6 Å². The van der Waals surface area contributed by atoms with E-state index in [0.717, 1.165) is 33.0 Å². The Hall–Kier alpha value is -3.97. The van der Waals surface area contributed by atoms with Crippen LogP contribution in [0.25, 0.3) is 49.2 Å². The number of nitrogens with zero attached hydrogens (tertiary/aromatic N) is 2. The Morgan fingerprint density at radius 3 is 2.49 bits per heavy atom. The second kappa shape index (κ2) is 8.36. The van der Waals surface area contributed by atoms with Gasteiger partial charge in [0.25, 0.3) is 0 Å². The fourth-order valence-corrected chi connectivity index (χ4v) is 4.60. The van der Waals surface area contributed by atoms with Gasteiger partial charge in [0, 0.05) is 19.6 Å². The second-order valence-corrected chi connectivity index (χ2v) is 9.99. The van der Waals surface area contributed by atoms with Gasteiger partial charge in [-0.2, -0.15) is 0 Å². The van der Waals surface area contributed by atoms with Gasteiger partial charge >= 0.3 is 0 Å². The highest BCUT2D eigenvalue weighted by Gasteiger charge is 2.25. The smallest absolute Gasteiger partial charge is 0.219 e. The molecule has 2 aromatic heterocycles. The summed E-state index contributed by atoms with van der Waals surface area (Å²) in [6.45, 7) is 15.0. The number of benzene rings is 3. The molecule has 0 fully saturated rings. The first kappa shape index (κ1) is 20.4. The van der Waals surface area contributed by atoms with Crippen LogP contribution in [0.4, 0.5) is 10.1 Å². The van der Waals surface area contributed by atoms with Crippen molar-refractivity contribution in [3.8, 4) is 22.4 Å². The molecule has 0 amide bonds. The van der Waals surface area contributed by atoms with Crippen LogP contribution in [0.15, 0.2) is 71.3 Å². The molecule has 5 aromatic rings. The van der Waals surface area contributed by atoms with Gasteiger partial charge in [-0.1, -0.05) is 63.2 Å². The number of halogens is 1. The Balaban J connectivity index is 1.77. The van der Waals surface area contributed by atoms with Gasteiger partial charge in [-0.05, 0) is 47.5 Å². The zero-order valence-electron chi connectivity index (χ0n) is 22.5. The number of hydrogen-bond acceptors (Lipinski definition) is 1. The lowest BCUT2D eigenvalue weighted by Crippen LogP contribution is -2.33. The third kappa shape index (κ3) is 4.08. The molecule has 0 aliphatic rings. The van der Waals surface area contributed by atoms with Crippen molar-refractivity contribution in [2.75, 3.05) is 0 Å². The number of pyridine rings is 1. The molecule has 5 rings (SSSR count). The van der Waals surface area contributed by atoms with Crippen LogP contribution >= 0.6 is 0 Å². The van der Waals surface area contributed by atoms with Gasteiger partial charge in [0.05, 0.1) is 17.7 Å². The summed E-state index contributed by atoms with van der Waals surface area (Å²) in [4.78, 5) is 3.78. The molecule has 0 spiro atoms. The zero-order chi connectivity index (χ0) is 26.7. The maximum atomic E-state index is 15.5. The maximum absolute atomic E-state index is 15.5. The van der Waals surface area contributed by atoms with Gasteiger partial charge in [-0.25, -0.2) is 13.8 Å². The molecule has 0 aliphatic carbocycles. The van der Waals surface area contributed by atoms with Crippen LogP contribution in [-0.4, -0.2) is 0 Å². The minimum Gasteiger partial charge on any atom is -0.455 e. The summed E-state index contributed by atoms with van der Waals surface area (Å²) in [7, 11) is 1.79. The quantitative estimate of drug-likeness (QED) is 0.194. The van der Waals surface area contributed by atoms with E-state index in [9.17, 15) is 0 Å². The summed E-state index contributed by atoms with van der Waals surface area (Å²) >= 11 is 0. The van der Waals surface area contributed by atoms with Crippen molar-refractivity contribution in [3.05, 3.63) is 95.2 Å². The van der Waals surface area contributed by atoms with Crippen LogP contribution in [0.2, 0.25) is 0 Å². The second-order valence-electron chi connectivity index (χ2n) is 9.99. The number of hydrogen-bond donors (Lipinski definition) is 0. The van der Waals surface area contributed by atoms with Crippen molar-refractivity contribution in [2.24, 2.45) is 12.5 Å². The Morgan fingerprint density at radius 2 is 1.80 bits per heavy atom. The summed E-state index contributed by atoms with van der Waals surface area (Å²) in [5, 5.41) is 1.67. The highest BCUT2D eigenvalue weighted by Crippen LogP contribution is 2.42. The van der Waals surface area contributed by atoms with Crippen molar-refractivity contribution in [1.82, 2.24) is 0 Å². The SMILES string of the molecule is [2H]C([2H])(c1c[n+](C)c(-c2c(C)ccc3c2oc2cc(-c4ccccc4)c([N+]#[C-])cc23)cc1F)C(C)(C)C. The van der Waals surface area contributed by atoms with Gasteiger partial charge in [-0.3, -0.25) is 0 Å². The minimum atomic E-state index is -1.86. The van der Waals surface area contributed by atoms with Crippen LogP contribution in [-0.2, 0) is 13.4 Å². The number of furan rings is 1. The molecule has 0 bridgehead atoms. The summed E-state index contributed by atoms with van der Waals surface area (Å²) < 4.78 is 40.8. The predicted molar refractivity (Wildman–Crippen MR) is 140 cm³/mol. The number of aryl methyl sites for hydroxylation is 2. The topological polar surface area (TPSA) is 21.4 Å². The fraction of sp³-hybridized carbons (Fsp3) is 0.226. The summed E-state index contributed by atoms with van der Waals surface area (Å²) in [5.41, 5.74) is 4.99. The highest BCUT2D eigenvalue weighted by molar-refractivity contribution is 6.12. The van der Waals surface area contributed by atoms with Crippen LogP contribution in [0, 0.1) is 24.7 Å². The summed E-state index contributed by atoms with van der Waals surface area (Å²) in [6.07, 6.45) is -0.320. The molecular formula is C31H28FN2O+. The molecule has 0 atom stereocenters. The molecule has 0 unspecified atom stereocenters. The van der Waals surface area contributed by atoms with Crippen LogP contribution in [0.5, 0.6) is 0 Å². The molecule has 3 nitrogen and oxygen atoms in total. The first-order chi connectivity index (χ1) is 17.4. The van der Waals surface area contributed by atoms with E-state index in [1.165, 1.54) is 6.07 Å². The first-order valence-corrected chi connectivity index (χ1v) is 11.6. The van der Waals surface area contributed by atoms with Crippen molar-refractivity contribution >= 4 is 27.6 Å². The van der Waals surface area contributed by atoms with Gasteiger partial charge in [-0.15, -0.1) is 0 Å². The van der Waals surface area contributed by atoms with Gasteiger partial charge in [0.2, 0.25) is 5.69 Å². The molecular weight excluding hydrogens is 435 g/mol. The van der Waals surface area contributed by atoms with Crippen LogP contribution < -0.4 is 4.57 Å². The molecule has 3 aromatic carbocycles. The van der Waals surface area contributed by atoms with Gasteiger partial charge in [0.15, 0.2) is 11.9 Å². The fourth-order valence-electron chi connectivity index (χ4n) is 4.60. The monoisotopic (exact) mass is 465 g/mol. The molecule has 2 heterocycles. The molecule has 0 saturated carbocycles. The van der Waals surface area contributed by atoms with E-state index in [2.05, 4.69) is 4.85 Å². The van der Waals surface area contributed by atoms with Crippen molar-refractivity contribution in [1.29, 1.82) is 0 Å². The highest BCUT2D eigenvalue weighted by atomic mass is 19.1. The first-order valence-electron chi connectivity index (χ1n) is 12.6. The van der Waals surface area contributed by atoms with E-state index in [-0.39, 0.29) is 5.56 Å². The van der Waals surface area contributed by atoms with Gasteiger partial charge < -0.3 is 4.42 Å². The average Bonchev–Trinajstić information content (AvgIpc) is 3.21. The maximum Gasteiger partial charge on any atom is 0.219 e. The molecule has 0 N–H and O–H groups in total. The van der Waals surface area contributed by atoms with Gasteiger partial charge in [0.1, 0.15) is 24.0 Å². The lowest BCUT2D eigenvalue weighted by Gasteiger charge is -2.18. The van der Waals surface area contributed by atoms with Crippen LogP contribution in [0.3, 0.4) is 0 Å². The summed E-state index contributed by atoms with van der Waals surface area (Å²) in [5.74, 6) is -0.595. The van der Waals surface area contributed by atoms with Crippen molar-refractivity contribution in [2.45, 2.75) is 34.1 Å². The Kier molecular flexibility index (Phi) is 4.87. The van der Waals surface area contributed by atoms with E-state index < -0.39 is 17.6 Å². The Labute approximate surface area is 208 Å². The molecule has 174 valence electrons. The normalized spacial score (nSPS) is 13.1. The average molecular weight is 466 g/mol. The lowest BCUT2D eigenvalue weighted by atomic mass is 9.88. The zero-order valence-corrected chi connectivity index (χ0v) is 20.5. The van der Waals surface area contributed by atoms with Crippen molar-refractivity contribution in [3.63, 3.8) is 0 Å². The molecule has 0 saturated heterocycles. The lowest BCUT2D eigenvalue weighted by molar-refractivity contribution is -0.661. The van der Waals surface area contributed by atoms with E-state index in [1.807, 2.05) is 61.5 Å². The predicted octanol–water partition coefficient (Wildman–Crippen LogP) is 8.33. The molecule has 35 heavy (non-hydrogen) atoms.